The number of rotatable bonds is 3. The molecule has 0 bridgehead atoms. The third-order valence-electron chi connectivity index (χ3n) is 5.04. The lowest BCUT2D eigenvalue weighted by molar-refractivity contribution is 0.118. The third kappa shape index (κ3) is 4.50. The molecule has 4 heteroatoms. The van der Waals surface area contributed by atoms with Gasteiger partial charge < -0.3 is 4.74 Å². The van der Waals surface area contributed by atoms with Crippen LogP contribution in [0.25, 0.3) is 0 Å². The van der Waals surface area contributed by atoms with Crippen molar-refractivity contribution < 1.29 is 4.74 Å². The van der Waals surface area contributed by atoms with Crippen LogP contribution in [0.5, 0.6) is 0 Å². The topological polar surface area (TPSA) is 38.2 Å². The molecule has 2 aliphatic rings. The van der Waals surface area contributed by atoms with Gasteiger partial charge in [-0.3, -0.25) is 14.9 Å². The van der Waals surface area contributed by atoms with Crippen LogP contribution in [0.15, 0.2) is 12.4 Å². The molecule has 22 heavy (non-hydrogen) atoms. The Labute approximate surface area is 134 Å². The summed E-state index contributed by atoms with van der Waals surface area (Å²) in [5.41, 5.74) is 2.09. The van der Waals surface area contributed by atoms with Gasteiger partial charge in [0.1, 0.15) is 0 Å². The number of nitrogens with zero attached hydrogens (tertiary/aromatic N) is 3. The van der Waals surface area contributed by atoms with E-state index < -0.39 is 0 Å². The number of ether oxygens (including phenoxy) is 1. The highest BCUT2D eigenvalue weighted by atomic mass is 16.5. The quantitative estimate of drug-likeness (QED) is 0.805. The van der Waals surface area contributed by atoms with Crippen LogP contribution < -0.4 is 0 Å². The standard InChI is InChI=1S/C18H29N3O/c1-15-11-20-17(12-19-15)10-16-13-21(8-9-22-14-16)18-6-4-2-3-5-7-18/h11-12,16,18H,2-10,13-14H2,1H3. The van der Waals surface area contributed by atoms with Crippen molar-refractivity contribution in [1.82, 2.24) is 14.9 Å². The first kappa shape index (κ1) is 15.9. The van der Waals surface area contributed by atoms with E-state index in [9.17, 15) is 0 Å². The second-order valence-electron chi connectivity index (χ2n) is 6.93. The molecule has 2 heterocycles. The van der Waals surface area contributed by atoms with E-state index in [1.54, 1.807) is 0 Å². The first-order chi connectivity index (χ1) is 10.8. The van der Waals surface area contributed by atoms with Crippen LogP contribution >= 0.6 is 0 Å². The molecular formula is C18H29N3O. The maximum atomic E-state index is 5.87. The first-order valence-electron chi connectivity index (χ1n) is 8.90. The minimum absolute atomic E-state index is 0.544. The summed E-state index contributed by atoms with van der Waals surface area (Å²) in [5, 5.41) is 0. The van der Waals surface area contributed by atoms with Crippen LogP contribution in [-0.2, 0) is 11.2 Å². The van der Waals surface area contributed by atoms with Gasteiger partial charge in [0, 0.05) is 37.4 Å². The Kier molecular flexibility index (Phi) is 5.79. The number of hydrogen-bond donors (Lipinski definition) is 0. The van der Waals surface area contributed by atoms with Gasteiger partial charge in [-0.15, -0.1) is 0 Å². The molecule has 1 unspecified atom stereocenters. The molecule has 0 radical (unpaired) electrons. The molecule has 3 rings (SSSR count). The van der Waals surface area contributed by atoms with Crippen molar-refractivity contribution in [3.8, 4) is 0 Å². The Bertz CT molecular complexity index is 440. The molecule has 0 amide bonds. The van der Waals surface area contributed by atoms with E-state index in [0.717, 1.165) is 50.2 Å². The zero-order valence-electron chi connectivity index (χ0n) is 13.8. The summed E-state index contributed by atoms with van der Waals surface area (Å²) in [7, 11) is 0. The Morgan fingerprint density at radius 2 is 1.95 bits per heavy atom. The van der Waals surface area contributed by atoms with E-state index in [0.29, 0.717) is 5.92 Å². The van der Waals surface area contributed by atoms with Crippen molar-refractivity contribution in [3.63, 3.8) is 0 Å². The molecule has 1 aliphatic carbocycles. The molecule has 1 aliphatic heterocycles. The van der Waals surface area contributed by atoms with E-state index in [4.69, 9.17) is 4.74 Å². The molecular weight excluding hydrogens is 274 g/mol. The van der Waals surface area contributed by atoms with Crippen molar-refractivity contribution in [2.75, 3.05) is 26.3 Å². The Morgan fingerprint density at radius 3 is 2.68 bits per heavy atom. The van der Waals surface area contributed by atoms with Crippen LogP contribution in [0.4, 0.5) is 0 Å². The zero-order valence-corrected chi connectivity index (χ0v) is 13.8. The molecule has 2 fully saturated rings. The summed E-state index contributed by atoms with van der Waals surface area (Å²) in [6.07, 6.45) is 13.2. The lowest BCUT2D eigenvalue weighted by atomic mass is 10.0. The van der Waals surface area contributed by atoms with Crippen LogP contribution in [0.3, 0.4) is 0 Å². The molecule has 1 saturated carbocycles. The summed E-state index contributed by atoms with van der Waals surface area (Å²) < 4.78 is 5.87. The van der Waals surface area contributed by atoms with Crippen LogP contribution in [0.1, 0.15) is 49.9 Å². The van der Waals surface area contributed by atoms with E-state index >= 15 is 0 Å². The second-order valence-corrected chi connectivity index (χ2v) is 6.93. The molecule has 1 aromatic rings. The van der Waals surface area contributed by atoms with E-state index in [1.807, 2.05) is 19.3 Å². The molecule has 0 spiro atoms. The van der Waals surface area contributed by atoms with Gasteiger partial charge in [-0.25, -0.2) is 0 Å². The Balaban J connectivity index is 1.60. The second kappa shape index (κ2) is 8.02. The average molecular weight is 303 g/mol. The molecule has 0 N–H and O–H groups in total. The lowest BCUT2D eigenvalue weighted by Crippen LogP contribution is -2.39. The van der Waals surface area contributed by atoms with Gasteiger partial charge in [0.25, 0.3) is 0 Å². The zero-order chi connectivity index (χ0) is 15.2. The van der Waals surface area contributed by atoms with Crippen molar-refractivity contribution in [2.24, 2.45) is 5.92 Å². The highest BCUT2D eigenvalue weighted by Gasteiger charge is 2.25. The summed E-state index contributed by atoms with van der Waals surface area (Å²) >= 11 is 0. The number of hydrogen-bond acceptors (Lipinski definition) is 4. The van der Waals surface area contributed by atoms with Gasteiger partial charge in [-0.2, -0.15) is 0 Å². The van der Waals surface area contributed by atoms with Gasteiger partial charge in [0.15, 0.2) is 0 Å². The smallest absolute Gasteiger partial charge is 0.0593 e. The van der Waals surface area contributed by atoms with Crippen LogP contribution in [-0.4, -0.2) is 47.2 Å². The highest BCUT2D eigenvalue weighted by Crippen LogP contribution is 2.24. The SMILES string of the molecule is Cc1cnc(CC2COCCN(C3CCCCCC3)C2)cn1. The molecule has 122 valence electrons. The Hall–Kier alpha value is -1.00. The van der Waals surface area contributed by atoms with Gasteiger partial charge in [0.05, 0.1) is 24.6 Å². The molecule has 0 aromatic carbocycles. The van der Waals surface area contributed by atoms with Gasteiger partial charge in [-0.05, 0) is 26.2 Å². The summed E-state index contributed by atoms with van der Waals surface area (Å²) in [6.45, 7) is 5.98. The minimum atomic E-state index is 0.544. The van der Waals surface area contributed by atoms with Crippen molar-refractivity contribution in [2.45, 2.75) is 57.9 Å². The molecule has 1 atom stereocenters. The van der Waals surface area contributed by atoms with E-state index in [-0.39, 0.29) is 0 Å². The normalized spacial score (nSPS) is 25.6. The maximum absolute atomic E-state index is 5.87. The van der Waals surface area contributed by atoms with Crippen molar-refractivity contribution >= 4 is 0 Å². The van der Waals surface area contributed by atoms with Gasteiger partial charge >= 0.3 is 0 Å². The van der Waals surface area contributed by atoms with E-state index in [1.165, 1.54) is 38.5 Å². The van der Waals surface area contributed by atoms with Crippen molar-refractivity contribution in [1.29, 1.82) is 0 Å². The minimum Gasteiger partial charge on any atom is -0.380 e. The van der Waals surface area contributed by atoms with Crippen LogP contribution in [0, 0.1) is 12.8 Å². The lowest BCUT2D eigenvalue weighted by Gasteiger charge is -2.31. The third-order valence-corrected chi connectivity index (χ3v) is 5.04. The summed E-state index contributed by atoms with van der Waals surface area (Å²) in [5.74, 6) is 0.544. The largest absolute Gasteiger partial charge is 0.380 e. The average Bonchev–Trinajstić information content (AvgIpc) is 2.92. The van der Waals surface area contributed by atoms with Gasteiger partial charge in [-0.1, -0.05) is 25.7 Å². The monoisotopic (exact) mass is 303 g/mol. The first-order valence-corrected chi connectivity index (χ1v) is 8.90. The van der Waals surface area contributed by atoms with Gasteiger partial charge in [0.2, 0.25) is 0 Å². The summed E-state index contributed by atoms with van der Waals surface area (Å²) in [6, 6.07) is 0.774. The van der Waals surface area contributed by atoms with E-state index in [2.05, 4.69) is 14.9 Å². The van der Waals surface area contributed by atoms with Crippen molar-refractivity contribution in [3.05, 3.63) is 23.8 Å². The maximum Gasteiger partial charge on any atom is 0.0593 e. The van der Waals surface area contributed by atoms with Crippen LogP contribution in [0.2, 0.25) is 0 Å². The highest BCUT2D eigenvalue weighted by molar-refractivity contribution is 5.02. The fourth-order valence-corrected chi connectivity index (χ4v) is 3.81. The summed E-state index contributed by atoms with van der Waals surface area (Å²) in [4.78, 5) is 11.6. The Morgan fingerprint density at radius 1 is 1.14 bits per heavy atom. The number of aryl methyl sites for hydroxylation is 1. The molecule has 4 nitrogen and oxygen atoms in total. The fraction of sp³-hybridized carbons (Fsp3) is 0.778. The molecule has 1 saturated heterocycles. The fourth-order valence-electron chi connectivity index (χ4n) is 3.81. The predicted molar refractivity (Wildman–Crippen MR) is 87.8 cm³/mol. The predicted octanol–water partition coefficient (Wildman–Crippen LogP) is 3.00. The number of aromatic nitrogens is 2. The molecule has 1 aromatic heterocycles.